The van der Waals surface area contributed by atoms with Gasteiger partial charge in [0.15, 0.2) is 11.6 Å². The molecule has 20 heavy (non-hydrogen) atoms. The van der Waals surface area contributed by atoms with Crippen LogP contribution < -0.4 is 5.32 Å². The molecule has 0 saturated heterocycles. The molecule has 1 amide bonds. The maximum atomic E-state index is 13.4. The molecule has 0 heterocycles. The SMILES string of the molecule is N#Cc1ccc(C(=O)Nc2c(F)cc(F)cc2F)cc1. The van der Waals surface area contributed by atoms with Crippen LogP contribution >= 0.6 is 0 Å². The lowest BCUT2D eigenvalue weighted by Crippen LogP contribution is -2.14. The Morgan fingerprint density at radius 3 is 2.10 bits per heavy atom. The summed E-state index contributed by atoms with van der Waals surface area (Å²) in [4.78, 5) is 11.8. The van der Waals surface area contributed by atoms with E-state index >= 15 is 0 Å². The summed E-state index contributed by atoms with van der Waals surface area (Å²) in [7, 11) is 0. The van der Waals surface area contributed by atoms with E-state index in [2.05, 4.69) is 0 Å². The molecule has 0 fully saturated rings. The number of benzene rings is 2. The summed E-state index contributed by atoms with van der Waals surface area (Å²) in [6.45, 7) is 0. The number of nitriles is 1. The lowest BCUT2D eigenvalue weighted by atomic mass is 10.1. The first-order chi connectivity index (χ1) is 9.51. The fourth-order valence-electron chi connectivity index (χ4n) is 1.54. The van der Waals surface area contributed by atoms with Crippen LogP contribution in [0.25, 0.3) is 0 Å². The van der Waals surface area contributed by atoms with Crippen LogP contribution in [0.3, 0.4) is 0 Å². The molecule has 6 heteroatoms. The van der Waals surface area contributed by atoms with Crippen molar-refractivity contribution >= 4 is 11.6 Å². The topological polar surface area (TPSA) is 52.9 Å². The Bertz CT molecular complexity index is 682. The minimum Gasteiger partial charge on any atom is -0.317 e. The maximum absolute atomic E-state index is 13.4. The molecule has 3 nitrogen and oxygen atoms in total. The first-order valence-electron chi connectivity index (χ1n) is 5.47. The van der Waals surface area contributed by atoms with E-state index in [9.17, 15) is 18.0 Å². The summed E-state index contributed by atoms with van der Waals surface area (Å²) in [6.07, 6.45) is 0. The van der Waals surface area contributed by atoms with Crippen molar-refractivity contribution in [2.75, 3.05) is 5.32 Å². The highest BCUT2D eigenvalue weighted by Crippen LogP contribution is 2.21. The number of nitrogens with one attached hydrogen (secondary N) is 1. The molecule has 2 aromatic rings. The smallest absolute Gasteiger partial charge is 0.255 e. The van der Waals surface area contributed by atoms with Gasteiger partial charge in [0.2, 0.25) is 0 Å². The van der Waals surface area contributed by atoms with Gasteiger partial charge in [-0.15, -0.1) is 0 Å². The Labute approximate surface area is 112 Å². The monoisotopic (exact) mass is 276 g/mol. The molecule has 0 aliphatic heterocycles. The second-order valence-corrected chi connectivity index (χ2v) is 3.89. The molecule has 0 aliphatic carbocycles. The number of amides is 1. The molecule has 1 N–H and O–H groups in total. The van der Waals surface area contributed by atoms with Crippen LogP contribution in [-0.4, -0.2) is 5.91 Å². The zero-order valence-electron chi connectivity index (χ0n) is 9.95. The van der Waals surface area contributed by atoms with Crippen molar-refractivity contribution in [2.24, 2.45) is 0 Å². The first kappa shape index (κ1) is 13.6. The zero-order valence-corrected chi connectivity index (χ0v) is 9.95. The van der Waals surface area contributed by atoms with Crippen LogP contribution in [0.15, 0.2) is 36.4 Å². The predicted molar refractivity (Wildman–Crippen MR) is 65.4 cm³/mol. The second kappa shape index (κ2) is 5.45. The number of hydrogen-bond acceptors (Lipinski definition) is 2. The Morgan fingerprint density at radius 1 is 1.05 bits per heavy atom. The molecule has 0 spiro atoms. The van der Waals surface area contributed by atoms with Crippen LogP contribution in [0.1, 0.15) is 15.9 Å². The molecule has 100 valence electrons. The molecule has 2 aromatic carbocycles. The lowest BCUT2D eigenvalue weighted by molar-refractivity contribution is 0.102. The van der Waals surface area contributed by atoms with Crippen molar-refractivity contribution in [1.82, 2.24) is 0 Å². The number of anilines is 1. The summed E-state index contributed by atoms with van der Waals surface area (Å²) in [5.74, 6) is -4.25. The average Bonchev–Trinajstić information content (AvgIpc) is 2.42. The van der Waals surface area contributed by atoms with Crippen molar-refractivity contribution in [3.05, 3.63) is 65.0 Å². The summed E-state index contributed by atoms with van der Waals surface area (Å²) in [6, 6.07) is 8.28. The van der Waals surface area contributed by atoms with Gasteiger partial charge in [-0.25, -0.2) is 13.2 Å². The van der Waals surface area contributed by atoms with E-state index < -0.39 is 29.0 Å². The first-order valence-corrected chi connectivity index (χ1v) is 5.47. The van der Waals surface area contributed by atoms with E-state index in [0.717, 1.165) is 0 Å². The Kier molecular flexibility index (Phi) is 3.71. The molecular formula is C14H7F3N2O. The number of hydrogen-bond donors (Lipinski definition) is 1. The summed E-state index contributed by atoms with van der Waals surface area (Å²) >= 11 is 0. The van der Waals surface area contributed by atoms with Gasteiger partial charge >= 0.3 is 0 Å². The molecule has 0 aliphatic rings. The highest BCUT2D eigenvalue weighted by atomic mass is 19.1. The van der Waals surface area contributed by atoms with E-state index in [1.165, 1.54) is 24.3 Å². The minimum atomic E-state index is -1.20. The van der Waals surface area contributed by atoms with Crippen LogP contribution in [0.2, 0.25) is 0 Å². The zero-order chi connectivity index (χ0) is 14.7. The molecule has 0 saturated carbocycles. The molecule has 2 rings (SSSR count). The summed E-state index contributed by atoms with van der Waals surface area (Å²) < 4.78 is 39.5. The van der Waals surface area contributed by atoms with Crippen molar-refractivity contribution in [3.63, 3.8) is 0 Å². The minimum absolute atomic E-state index is 0.118. The van der Waals surface area contributed by atoms with E-state index in [1.54, 1.807) is 0 Å². The molecule has 0 aromatic heterocycles. The van der Waals surface area contributed by atoms with E-state index in [-0.39, 0.29) is 5.56 Å². The highest BCUT2D eigenvalue weighted by molar-refractivity contribution is 6.04. The number of rotatable bonds is 2. The highest BCUT2D eigenvalue weighted by Gasteiger charge is 2.15. The van der Waals surface area contributed by atoms with Gasteiger partial charge in [-0.2, -0.15) is 5.26 Å². The third-order valence-corrected chi connectivity index (χ3v) is 2.52. The standard InChI is InChI=1S/C14H7F3N2O/c15-10-5-11(16)13(12(17)6-10)19-14(20)9-3-1-8(7-18)2-4-9/h1-6H,(H,19,20). The molecule has 0 radical (unpaired) electrons. The molecule has 0 bridgehead atoms. The average molecular weight is 276 g/mol. The van der Waals surface area contributed by atoms with Crippen molar-refractivity contribution in [3.8, 4) is 6.07 Å². The second-order valence-electron chi connectivity index (χ2n) is 3.89. The van der Waals surface area contributed by atoms with Crippen LogP contribution in [-0.2, 0) is 0 Å². The van der Waals surface area contributed by atoms with Gasteiger partial charge < -0.3 is 5.32 Å². The predicted octanol–water partition coefficient (Wildman–Crippen LogP) is 3.23. The Hall–Kier alpha value is -2.81. The Morgan fingerprint density at radius 2 is 1.60 bits per heavy atom. The van der Waals surface area contributed by atoms with Gasteiger partial charge in [0.1, 0.15) is 11.5 Å². The number of halogens is 3. The largest absolute Gasteiger partial charge is 0.317 e. The van der Waals surface area contributed by atoms with Crippen molar-refractivity contribution < 1.29 is 18.0 Å². The van der Waals surface area contributed by atoms with Gasteiger partial charge in [0.25, 0.3) is 5.91 Å². The van der Waals surface area contributed by atoms with Gasteiger partial charge in [-0.05, 0) is 24.3 Å². The van der Waals surface area contributed by atoms with Crippen LogP contribution in [0.4, 0.5) is 18.9 Å². The number of nitrogens with zero attached hydrogens (tertiary/aromatic N) is 1. The number of carbonyl (C=O) groups excluding carboxylic acids is 1. The normalized spacial score (nSPS) is 9.90. The third kappa shape index (κ3) is 2.78. The lowest BCUT2D eigenvalue weighted by Gasteiger charge is -2.07. The van der Waals surface area contributed by atoms with Gasteiger partial charge in [-0.1, -0.05) is 0 Å². The summed E-state index contributed by atoms with van der Waals surface area (Å²) in [5.41, 5.74) is -0.256. The maximum Gasteiger partial charge on any atom is 0.255 e. The van der Waals surface area contributed by atoms with Gasteiger partial charge in [-0.3, -0.25) is 4.79 Å². The van der Waals surface area contributed by atoms with E-state index in [0.29, 0.717) is 17.7 Å². The van der Waals surface area contributed by atoms with E-state index in [1.807, 2.05) is 11.4 Å². The van der Waals surface area contributed by atoms with Crippen LogP contribution in [0, 0.1) is 28.8 Å². The quantitative estimate of drug-likeness (QED) is 0.915. The fourth-order valence-corrected chi connectivity index (χ4v) is 1.54. The van der Waals surface area contributed by atoms with Gasteiger partial charge in [0, 0.05) is 17.7 Å². The van der Waals surface area contributed by atoms with Gasteiger partial charge in [0.05, 0.1) is 11.6 Å². The fraction of sp³-hybridized carbons (Fsp3) is 0. The van der Waals surface area contributed by atoms with Crippen molar-refractivity contribution in [1.29, 1.82) is 5.26 Å². The summed E-state index contributed by atoms with van der Waals surface area (Å²) in [5, 5.41) is 10.6. The Balaban J connectivity index is 2.26. The van der Waals surface area contributed by atoms with Crippen LogP contribution in [0.5, 0.6) is 0 Å². The third-order valence-electron chi connectivity index (χ3n) is 2.52. The number of carbonyl (C=O) groups is 1. The molecular weight excluding hydrogens is 269 g/mol. The molecule has 0 unspecified atom stereocenters. The van der Waals surface area contributed by atoms with E-state index in [4.69, 9.17) is 5.26 Å². The van der Waals surface area contributed by atoms with Crippen molar-refractivity contribution in [2.45, 2.75) is 0 Å². The molecule has 0 atom stereocenters.